The first kappa shape index (κ1) is 25.6. The normalized spacial score (nSPS) is 12.7. The van der Waals surface area contributed by atoms with Gasteiger partial charge >= 0.3 is 15.5 Å². The molecule has 35 heavy (non-hydrogen) atoms. The molecule has 2 aromatic carbocycles. The number of pyridine rings is 1. The lowest BCUT2D eigenvalue weighted by Crippen LogP contribution is -2.29. The number of benzene rings is 2. The molecule has 0 aliphatic carbocycles. The van der Waals surface area contributed by atoms with Gasteiger partial charge in [-0.1, -0.05) is 18.2 Å². The summed E-state index contributed by atoms with van der Waals surface area (Å²) in [6.45, 7) is 2.87. The van der Waals surface area contributed by atoms with Crippen LogP contribution in [0.3, 0.4) is 0 Å². The van der Waals surface area contributed by atoms with Crippen LogP contribution in [0.15, 0.2) is 48.7 Å². The number of nitrogens with one attached hydrogen (secondary N) is 3. The number of hydrogen-bond donors (Lipinski definition) is 4. The molecule has 0 radical (unpaired) electrons. The molecular formula is C22H20F3N5O4S. The zero-order chi connectivity index (χ0) is 26.1. The third kappa shape index (κ3) is 5.40. The first-order valence-electron chi connectivity index (χ1n) is 9.95. The molecule has 0 spiro atoms. The summed E-state index contributed by atoms with van der Waals surface area (Å²) in [5, 5.41) is 11.2. The van der Waals surface area contributed by atoms with Gasteiger partial charge in [0.2, 0.25) is 0 Å². The summed E-state index contributed by atoms with van der Waals surface area (Å²) < 4.78 is 62.4. The number of fused-ring (bicyclic) bond motifs is 1. The van der Waals surface area contributed by atoms with Crippen molar-refractivity contribution in [2.45, 2.75) is 25.3 Å². The Kier molecular flexibility index (Phi) is 6.83. The van der Waals surface area contributed by atoms with Gasteiger partial charge in [0.1, 0.15) is 5.78 Å². The maximum absolute atomic E-state index is 12.7. The van der Waals surface area contributed by atoms with Crippen LogP contribution < -0.4 is 15.8 Å². The summed E-state index contributed by atoms with van der Waals surface area (Å²) in [6, 6.07) is 9.75. The largest absolute Gasteiger partial charge is 0.516 e. The van der Waals surface area contributed by atoms with E-state index < -0.39 is 27.4 Å². The zero-order valence-electron chi connectivity index (χ0n) is 18.4. The number of primary amides is 1. The van der Waals surface area contributed by atoms with Crippen molar-refractivity contribution in [2.75, 3.05) is 10.0 Å². The highest BCUT2D eigenvalue weighted by molar-refractivity contribution is 7.93. The number of hydrogen-bond acceptors (Lipinski definition) is 7. The number of carbonyl (C=O) groups excluding carboxylic acids is 2. The molecule has 0 aliphatic heterocycles. The summed E-state index contributed by atoms with van der Waals surface area (Å²) >= 11 is 0. The Bertz CT molecular complexity index is 1440. The molecule has 3 aromatic rings. The van der Waals surface area contributed by atoms with Gasteiger partial charge in [-0.05, 0) is 43.7 Å². The van der Waals surface area contributed by atoms with Gasteiger partial charge in [0.05, 0.1) is 28.4 Å². The number of amides is 1. The number of rotatable bonds is 8. The molecule has 0 fully saturated rings. The highest BCUT2D eigenvalue weighted by atomic mass is 32.2. The maximum Gasteiger partial charge on any atom is 0.516 e. The highest BCUT2D eigenvalue weighted by Gasteiger charge is 2.46. The van der Waals surface area contributed by atoms with Crippen molar-refractivity contribution < 1.29 is 31.2 Å². The summed E-state index contributed by atoms with van der Waals surface area (Å²) in [4.78, 5) is 28.3. The molecule has 0 aliphatic rings. The Hall–Kier alpha value is -4.00. The van der Waals surface area contributed by atoms with E-state index in [-0.39, 0.29) is 34.1 Å². The number of alkyl halides is 3. The predicted molar refractivity (Wildman–Crippen MR) is 125 cm³/mol. The lowest BCUT2D eigenvalue weighted by molar-refractivity contribution is -0.117. The average molecular weight is 507 g/mol. The van der Waals surface area contributed by atoms with Crippen molar-refractivity contribution in [2.24, 2.45) is 5.73 Å². The van der Waals surface area contributed by atoms with Crippen LogP contribution in [0, 0.1) is 5.41 Å². The van der Waals surface area contributed by atoms with E-state index in [9.17, 15) is 31.2 Å². The minimum Gasteiger partial charge on any atom is -0.365 e. The van der Waals surface area contributed by atoms with Gasteiger partial charge in [0.25, 0.3) is 5.91 Å². The monoisotopic (exact) mass is 507 g/mol. The molecule has 0 saturated heterocycles. The van der Waals surface area contributed by atoms with Crippen molar-refractivity contribution in [1.82, 2.24) is 4.98 Å². The summed E-state index contributed by atoms with van der Waals surface area (Å²) in [5.41, 5.74) is 0.930. The lowest BCUT2D eigenvalue weighted by Gasteiger charge is -2.17. The Balaban J connectivity index is 2.08. The van der Waals surface area contributed by atoms with Gasteiger partial charge < -0.3 is 16.5 Å². The SMILES string of the molecule is CC(=N)C(C(C)=O)c1ccc2c(Nc3cccc(NS(=O)(=O)C(F)(F)F)c3)c(C(N)=O)cnc2c1. The van der Waals surface area contributed by atoms with Gasteiger partial charge in [0, 0.05) is 23.0 Å². The molecule has 1 aromatic heterocycles. The van der Waals surface area contributed by atoms with E-state index in [2.05, 4.69) is 10.3 Å². The molecule has 184 valence electrons. The third-order valence-electron chi connectivity index (χ3n) is 5.02. The summed E-state index contributed by atoms with van der Waals surface area (Å²) in [7, 11) is -5.63. The standard InChI is InChI=1S/C22H20F3N5O4S/c1-11(26)19(12(2)31)13-6-7-16-18(8-13)28-10-17(21(27)32)20(16)29-14-4-3-5-15(9-14)30-35(33,34)22(23,24)25/h3-10,19,26,30H,1-2H3,(H2,27,32)(H,28,29). The van der Waals surface area contributed by atoms with E-state index in [1.165, 1.54) is 36.9 Å². The van der Waals surface area contributed by atoms with Crippen molar-refractivity contribution in [3.8, 4) is 0 Å². The van der Waals surface area contributed by atoms with E-state index in [0.29, 0.717) is 16.5 Å². The molecule has 5 N–H and O–H groups in total. The van der Waals surface area contributed by atoms with Crippen molar-refractivity contribution in [3.63, 3.8) is 0 Å². The fraction of sp³-hybridized carbons (Fsp3) is 0.182. The first-order valence-corrected chi connectivity index (χ1v) is 11.4. The number of halogens is 3. The van der Waals surface area contributed by atoms with Crippen LogP contribution in [-0.2, 0) is 14.8 Å². The molecule has 1 amide bonds. The van der Waals surface area contributed by atoms with Gasteiger partial charge in [-0.25, -0.2) is 0 Å². The van der Waals surface area contributed by atoms with E-state index in [1.807, 2.05) is 0 Å². The minimum atomic E-state index is -5.63. The summed E-state index contributed by atoms with van der Waals surface area (Å²) in [5.74, 6) is -1.84. The highest BCUT2D eigenvalue weighted by Crippen LogP contribution is 2.33. The molecule has 13 heteroatoms. The second-order valence-corrected chi connectivity index (χ2v) is 9.35. The van der Waals surface area contributed by atoms with E-state index in [0.717, 1.165) is 12.1 Å². The van der Waals surface area contributed by atoms with Crippen molar-refractivity contribution in [3.05, 3.63) is 59.8 Å². The molecule has 1 unspecified atom stereocenters. The third-order valence-corrected chi connectivity index (χ3v) is 6.13. The fourth-order valence-corrected chi connectivity index (χ4v) is 4.07. The number of aromatic nitrogens is 1. The number of carbonyl (C=O) groups is 2. The van der Waals surface area contributed by atoms with Gasteiger partial charge in [-0.2, -0.15) is 21.6 Å². The van der Waals surface area contributed by atoms with E-state index in [1.54, 1.807) is 18.2 Å². The predicted octanol–water partition coefficient (Wildman–Crippen LogP) is 4.05. The Morgan fingerprint density at radius 1 is 1.09 bits per heavy atom. The maximum atomic E-state index is 12.7. The molecule has 1 heterocycles. The Labute approximate surface area is 198 Å². The van der Waals surface area contributed by atoms with Gasteiger partial charge in [-0.3, -0.25) is 19.3 Å². The Morgan fingerprint density at radius 3 is 2.31 bits per heavy atom. The first-order chi connectivity index (χ1) is 16.2. The zero-order valence-corrected chi connectivity index (χ0v) is 19.2. The van der Waals surface area contributed by atoms with E-state index in [4.69, 9.17) is 11.1 Å². The second-order valence-electron chi connectivity index (χ2n) is 7.67. The van der Waals surface area contributed by atoms with Crippen LogP contribution in [0.25, 0.3) is 10.9 Å². The minimum absolute atomic E-state index is 0.0297. The molecule has 3 rings (SSSR count). The molecule has 0 bridgehead atoms. The second kappa shape index (κ2) is 9.33. The number of sulfonamides is 1. The topological polar surface area (TPSA) is 155 Å². The van der Waals surface area contributed by atoms with Crippen LogP contribution in [0.2, 0.25) is 0 Å². The van der Waals surface area contributed by atoms with Crippen LogP contribution in [0.5, 0.6) is 0 Å². The number of ketones is 1. The van der Waals surface area contributed by atoms with Gasteiger partial charge in [-0.15, -0.1) is 0 Å². The van der Waals surface area contributed by atoms with Crippen LogP contribution in [0.1, 0.15) is 35.7 Å². The number of nitrogens with zero attached hydrogens (tertiary/aromatic N) is 1. The van der Waals surface area contributed by atoms with Crippen LogP contribution >= 0.6 is 0 Å². The molecular weight excluding hydrogens is 487 g/mol. The van der Waals surface area contributed by atoms with Crippen molar-refractivity contribution >= 4 is 55.4 Å². The number of nitrogens with two attached hydrogens (primary N) is 1. The van der Waals surface area contributed by atoms with Crippen LogP contribution in [0.4, 0.5) is 30.2 Å². The van der Waals surface area contributed by atoms with E-state index >= 15 is 0 Å². The fourth-order valence-electron chi connectivity index (χ4n) is 3.52. The Morgan fingerprint density at radius 2 is 1.74 bits per heavy atom. The number of anilines is 3. The van der Waals surface area contributed by atoms with Gasteiger partial charge in [0.15, 0.2) is 0 Å². The molecule has 9 nitrogen and oxygen atoms in total. The molecule has 1 atom stereocenters. The smallest absolute Gasteiger partial charge is 0.365 e. The number of Topliss-reactive ketones (excluding diaryl/α,β-unsaturated/α-hetero) is 1. The molecule has 0 saturated carbocycles. The van der Waals surface area contributed by atoms with Crippen LogP contribution in [-0.4, -0.2) is 36.3 Å². The van der Waals surface area contributed by atoms with Crippen molar-refractivity contribution in [1.29, 1.82) is 5.41 Å². The summed E-state index contributed by atoms with van der Waals surface area (Å²) in [6.07, 6.45) is 1.20. The average Bonchev–Trinajstić information content (AvgIpc) is 2.72. The quantitative estimate of drug-likeness (QED) is 0.337. The lowest BCUT2D eigenvalue weighted by atomic mass is 9.90.